The van der Waals surface area contributed by atoms with E-state index in [0.29, 0.717) is 51.6 Å². The van der Waals surface area contributed by atoms with Crippen LogP contribution in [0.25, 0.3) is 0 Å². The van der Waals surface area contributed by atoms with Gasteiger partial charge in [0, 0.05) is 38.7 Å². The molecule has 1 aromatic carbocycles. The third kappa shape index (κ3) is 7.36. The second kappa shape index (κ2) is 11.3. The summed E-state index contributed by atoms with van der Waals surface area (Å²) in [6, 6.07) is 9.00. The maximum absolute atomic E-state index is 11.9. The second-order valence-corrected chi connectivity index (χ2v) is 6.31. The predicted octanol–water partition coefficient (Wildman–Crippen LogP) is 0.0441. The van der Waals surface area contributed by atoms with Crippen LogP contribution in [-0.4, -0.2) is 75.7 Å². The summed E-state index contributed by atoms with van der Waals surface area (Å²) < 4.78 is 10.8. The number of carbonyl (C=O) groups excluding carboxylic acids is 3. The van der Waals surface area contributed by atoms with Gasteiger partial charge in [0.15, 0.2) is 0 Å². The van der Waals surface area contributed by atoms with Gasteiger partial charge in [0.1, 0.15) is 0 Å². The van der Waals surface area contributed by atoms with E-state index in [1.165, 1.54) is 0 Å². The quantitative estimate of drug-likeness (QED) is 0.531. The zero-order valence-electron chi connectivity index (χ0n) is 15.6. The summed E-state index contributed by atoms with van der Waals surface area (Å²) in [5, 5.41) is 5.55. The van der Waals surface area contributed by atoms with Crippen LogP contribution in [0.5, 0.6) is 0 Å². The van der Waals surface area contributed by atoms with Gasteiger partial charge in [-0.3, -0.25) is 14.4 Å². The van der Waals surface area contributed by atoms with E-state index in [2.05, 4.69) is 10.6 Å². The molecule has 0 bridgehead atoms. The molecule has 2 N–H and O–H groups in total. The Hall–Kier alpha value is -2.45. The third-order valence-corrected chi connectivity index (χ3v) is 4.20. The minimum Gasteiger partial charge on any atom is -0.377 e. The highest BCUT2D eigenvalue weighted by Gasteiger charge is 2.31. The van der Waals surface area contributed by atoms with Crippen LogP contribution in [0.15, 0.2) is 30.3 Å². The Morgan fingerprint density at radius 3 is 2.26 bits per heavy atom. The largest absolute Gasteiger partial charge is 0.377 e. The Kier molecular flexibility index (Phi) is 8.73. The Labute approximate surface area is 159 Å². The zero-order valence-corrected chi connectivity index (χ0v) is 15.6. The molecule has 1 fully saturated rings. The van der Waals surface area contributed by atoms with Crippen LogP contribution in [0.1, 0.15) is 16.8 Å². The highest BCUT2D eigenvalue weighted by molar-refractivity contribution is 5.94. The molecule has 8 nitrogen and oxygen atoms in total. The van der Waals surface area contributed by atoms with Crippen molar-refractivity contribution in [1.29, 1.82) is 0 Å². The van der Waals surface area contributed by atoms with Crippen LogP contribution in [-0.2, 0) is 19.1 Å². The lowest BCUT2D eigenvalue weighted by molar-refractivity contribution is -0.128. The van der Waals surface area contributed by atoms with Crippen molar-refractivity contribution in [2.75, 3.05) is 53.1 Å². The minimum atomic E-state index is -0.267. The van der Waals surface area contributed by atoms with Crippen LogP contribution in [0.3, 0.4) is 0 Å². The molecular weight excluding hydrogens is 350 g/mol. The molecule has 1 aliphatic heterocycles. The first-order valence-electron chi connectivity index (χ1n) is 9.08. The molecule has 3 amide bonds. The van der Waals surface area contributed by atoms with Gasteiger partial charge in [-0.2, -0.15) is 0 Å². The molecule has 8 heteroatoms. The molecule has 1 heterocycles. The molecule has 0 radical (unpaired) electrons. The monoisotopic (exact) mass is 377 g/mol. The molecule has 0 aliphatic carbocycles. The van der Waals surface area contributed by atoms with Gasteiger partial charge < -0.3 is 25.0 Å². The van der Waals surface area contributed by atoms with Gasteiger partial charge in [-0.05, 0) is 12.1 Å². The molecule has 27 heavy (non-hydrogen) atoms. The average Bonchev–Trinajstić information content (AvgIpc) is 3.02. The van der Waals surface area contributed by atoms with E-state index in [0.717, 1.165) is 0 Å². The van der Waals surface area contributed by atoms with Gasteiger partial charge in [-0.1, -0.05) is 18.2 Å². The molecule has 0 saturated carbocycles. The van der Waals surface area contributed by atoms with E-state index in [1.807, 2.05) is 18.2 Å². The number of amides is 3. The van der Waals surface area contributed by atoms with Crippen molar-refractivity contribution >= 4 is 17.7 Å². The summed E-state index contributed by atoms with van der Waals surface area (Å²) in [4.78, 5) is 36.7. The van der Waals surface area contributed by atoms with Gasteiger partial charge in [0.25, 0.3) is 5.91 Å². The molecular formula is C19H27N3O5. The number of nitrogens with zero attached hydrogens (tertiary/aromatic N) is 1. The van der Waals surface area contributed by atoms with Crippen LogP contribution >= 0.6 is 0 Å². The lowest BCUT2D eigenvalue weighted by Gasteiger charge is -2.11. The predicted molar refractivity (Wildman–Crippen MR) is 99.2 cm³/mol. The Balaban J connectivity index is 1.40. The lowest BCUT2D eigenvalue weighted by atomic mass is 10.1. The van der Waals surface area contributed by atoms with E-state index in [4.69, 9.17) is 9.47 Å². The number of ether oxygens (including phenoxy) is 2. The van der Waals surface area contributed by atoms with Gasteiger partial charge in [-0.25, -0.2) is 0 Å². The number of carbonyl (C=O) groups is 3. The van der Waals surface area contributed by atoms with E-state index in [-0.39, 0.29) is 30.1 Å². The summed E-state index contributed by atoms with van der Waals surface area (Å²) >= 11 is 0. The Bertz CT molecular complexity index is 623. The topological polar surface area (TPSA) is 97.0 Å². The Morgan fingerprint density at radius 1 is 1.04 bits per heavy atom. The highest BCUT2D eigenvalue weighted by atomic mass is 16.5. The fourth-order valence-corrected chi connectivity index (χ4v) is 2.68. The fourth-order valence-electron chi connectivity index (χ4n) is 2.68. The highest BCUT2D eigenvalue weighted by Crippen LogP contribution is 2.15. The molecule has 148 valence electrons. The second-order valence-electron chi connectivity index (χ2n) is 6.31. The average molecular weight is 377 g/mol. The smallest absolute Gasteiger partial charge is 0.251 e. The number of hydrogen-bond donors (Lipinski definition) is 2. The molecule has 0 aromatic heterocycles. The maximum Gasteiger partial charge on any atom is 0.251 e. The van der Waals surface area contributed by atoms with E-state index in [1.54, 1.807) is 24.1 Å². The van der Waals surface area contributed by atoms with E-state index < -0.39 is 0 Å². The van der Waals surface area contributed by atoms with Crippen LogP contribution < -0.4 is 10.6 Å². The first-order chi connectivity index (χ1) is 13.1. The van der Waals surface area contributed by atoms with Gasteiger partial charge in [0.2, 0.25) is 11.8 Å². The summed E-state index contributed by atoms with van der Waals surface area (Å²) in [6.45, 7) is 2.92. The number of benzene rings is 1. The van der Waals surface area contributed by atoms with Crippen molar-refractivity contribution in [3.05, 3.63) is 35.9 Å². The van der Waals surface area contributed by atoms with Crippen molar-refractivity contribution in [2.24, 2.45) is 5.92 Å². The lowest BCUT2D eigenvalue weighted by Crippen LogP contribution is -2.34. The Morgan fingerprint density at radius 2 is 1.67 bits per heavy atom. The number of rotatable bonds is 11. The molecule has 1 saturated heterocycles. The summed E-state index contributed by atoms with van der Waals surface area (Å²) in [6.07, 6.45) is 0.276. The van der Waals surface area contributed by atoms with E-state index >= 15 is 0 Å². The van der Waals surface area contributed by atoms with Crippen molar-refractivity contribution in [3.63, 3.8) is 0 Å². The maximum atomic E-state index is 11.9. The molecule has 1 atom stereocenters. The van der Waals surface area contributed by atoms with Crippen LogP contribution in [0.4, 0.5) is 0 Å². The van der Waals surface area contributed by atoms with Crippen LogP contribution in [0, 0.1) is 5.92 Å². The summed E-state index contributed by atoms with van der Waals surface area (Å²) in [5.74, 6) is -0.497. The van der Waals surface area contributed by atoms with E-state index in [9.17, 15) is 14.4 Å². The molecule has 0 spiro atoms. The standard InChI is InChI=1S/C19H27N3O5/c1-22-14-16(13-17(22)23)19(25)21-8-10-27-12-11-26-9-7-20-18(24)15-5-3-2-4-6-15/h2-6,16H,7-14H2,1H3,(H,20,24)(H,21,25). The van der Waals surface area contributed by atoms with Crippen molar-refractivity contribution < 1.29 is 23.9 Å². The van der Waals surface area contributed by atoms with Crippen LogP contribution in [0.2, 0.25) is 0 Å². The normalized spacial score (nSPS) is 16.4. The van der Waals surface area contributed by atoms with Gasteiger partial charge in [-0.15, -0.1) is 0 Å². The molecule has 1 aromatic rings. The molecule has 1 aliphatic rings. The zero-order chi connectivity index (χ0) is 19.5. The van der Waals surface area contributed by atoms with Crippen molar-refractivity contribution in [2.45, 2.75) is 6.42 Å². The molecule has 1 unspecified atom stereocenters. The van der Waals surface area contributed by atoms with Gasteiger partial charge >= 0.3 is 0 Å². The van der Waals surface area contributed by atoms with Crippen molar-refractivity contribution in [3.8, 4) is 0 Å². The SMILES string of the molecule is CN1CC(C(=O)NCCOCCOCCNC(=O)c2ccccc2)CC1=O. The minimum absolute atomic E-state index is 0.00325. The summed E-state index contributed by atoms with van der Waals surface area (Å²) in [5.41, 5.74) is 0.622. The number of likely N-dealkylation sites (tertiary alicyclic amines) is 1. The number of nitrogens with one attached hydrogen (secondary N) is 2. The fraction of sp³-hybridized carbons (Fsp3) is 0.526. The van der Waals surface area contributed by atoms with Crippen molar-refractivity contribution in [1.82, 2.24) is 15.5 Å². The number of hydrogen-bond acceptors (Lipinski definition) is 5. The first-order valence-corrected chi connectivity index (χ1v) is 9.08. The third-order valence-electron chi connectivity index (χ3n) is 4.20. The van der Waals surface area contributed by atoms with Gasteiger partial charge in [0.05, 0.1) is 32.3 Å². The summed E-state index contributed by atoms with van der Waals surface area (Å²) in [7, 11) is 1.70. The first kappa shape index (κ1) is 20.9. The molecule has 2 rings (SSSR count).